The van der Waals surface area contributed by atoms with Gasteiger partial charge in [-0.2, -0.15) is 0 Å². The largest absolute Gasteiger partial charge is 0.497 e. The van der Waals surface area contributed by atoms with Gasteiger partial charge in [0.15, 0.2) is 0 Å². The number of nitrogens with one attached hydrogen (secondary N) is 3. The summed E-state index contributed by atoms with van der Waals surface area (Å²) in [5, 5.41) is 8.64. The molecule has 1 amide bonds. The fourth-order valence-electron chi connectivity index (χ4n) is 4.65. The molecule has 5 rings (SSSR count). The number of nitrogens with zero attached hydrogens (tertiary/aromatic N) is 1. The highest BCUT2D eigenvalue weighted by molar-refractivity contribution is 5.98. The Labute approximate surface area is 200 Å². The van der Waals surface area contributed by atoms with Gasteiger partial charge in [0.05, 0.1) is 30.2 Å². The van der Waals surface area contributed by atoms with E-state index in [1.165, 1.54) is 0 Å². The molecule has 9 nitrogen and oxygen atoms in total. The first-order chi connectivity index (χ1) is 17.0. The van der Waals surface area contributed by atoms with Crippen LogP contribution in [0.25, 0.3) is 22.0 Å². The molecule has 0 atom stereocenters. The highest BCUT2D eigenvalue weighted by Crippen LogP contribution is 2.35. The van der Waals surface area contributed by atoms with Gasteiger partial charge in [-0.3, -0.25) is 24.6 Å². The van der Waals surface area contributed by atoms with E-state index >= 15 is 0 Å². The minimum absolute atomic E-state index is 0.125. The highest BCUT2D eigenvalue weighted by Gasteiger charge is 2.26. The van der Waals surface area contributed by atoms with Gasteiger partial charge in [0.1, 0.15) is 11.5 Å². The Morgan fingerprint density at radius 3 is 2.54 bits per heavy atom. The molecule has 1 aliphatic rings. The maximum Gasteiger partial charge on any atom is 0.272 e. The molecule has 4 aromatic rings. The summed E-state index contributed by atoms with van der Waals surface area (Å²) >= 11 is 0. The van der Waals surface area contributed by atoms with Gasteiger partial charge in [0, 0.05) is 29.9 Å². The molecule has 0 fully saturated rings. The molecule has 180 valence electrons. The smallest absolute Gasteiger partial charge is 0.272 e. The molecule has 2 aromatic carbocycles. The third-order valence-electron chi connectivity index (χ3n) is 6.21. The van der Waals surface area contributed by atoms with Gasteiger partial charge in [0.25, 0.3) is 11.1 Å². The number of H-pyrrole nitrogens is 2. The molecular formula is C26H26N4O5. The quantitative estimate of drug-likeness (QED) is 0.338. The van der Waals surface area contributed by atoms with E-state index in [2.05, 4.69) is 15.5 Å². The van der Waals surface area contributed by atoms with Crippen molar-refractivity contribution in [3.8, 4) is 22.8 Å². The van der Waals surface area contributed by atoms with Gasteiger partial charge < -0.3 is 19.4 Å². The maximum atomic E-state index is 12.6. The summed E-state index contributed by atoms with van der Waals surface area (Å²) < 4.78 is 12.9. The topological polar surface area (TPSA) is 118 Å². The molecule has 3 heterocycles. The molecule has 35 heavy (non-hydrogen) atoms. The Hall–Kier alpha value is -4.27. The molecule has 2 aromatic heterocycles. The summed E-state index contributed by atoms with van der Waals surface area (Å²) in [7, 11) is 1.61. The number of carbonyl (C=O) groups excluding carboxylic acids is 1. The van der Waals surface area contributed by atoms with Crippen LogP contribution in [0.1, 0.15) is 25.0 Å². The number of ether oxygens (including phenoxy) is 2. The molecular weight excluding hydrogens is 448 g/mol. The SMILES string of the molecule is COc1ccc(OCCCC(=O)Nc2cccc(-c3c4c(=O)[nH][nH]c(=O)c4c4n3CCC4)c2)cc1. The van der Waals surface area contributed by atoms with Crippen LogP contribution in [0.15, 0.2) is 58.1 Å². The summed E-state index contributed by atoms with van der Waals surface area (Å²) in [4.78, 5) is 37.6. The number of aromatic amines is 2. The molecule has 0 spiro atoms. The van der Waals surface area contributed by atoms with Crippen molar-refractivity contribution in [1.82, 2.24) is 14.8 Å². The third-order valence-corrected chi connectivity index (χ3v) is 6.21. The molecule has 0 unspecified atom stereocenters. The van der Waals surface area contributed by atoms with Crippen molar-refractivity contribution in [3.63, 3.8) is 0 Å². The van der Waals surface area contributed by atoms with Crippen LogP contribution in [0, 0.1) is 0 Å². The van der Waals surface area contributed by atoms with Gasteiger partial charge >= 0.3 is 0 Å². The Bertz CT molecular complexity index is 1500. The first kappa shape index (κ1) is 22.5. The fourth-order valence-corrected chi connectivity index (χ4v) is 4.65. The standard InChI is InChI=1S/C26H26N4O5/c1-34-18-9-11-19(12-10-18)35-14-4-8-21(31)27-17-6-2-5-16(15-17)24-23-22(20-7-3-13-30(20)24)25(32)28-29-26(23)33/h2,5-6,9-12,15H,3-4,7-8,13-14H2,1H3,(H,27,31)(H,28,32)(H,29,33). The van der Waals surface area contributed by atoms with Crippen LogP contribution in [0.3, 0.4) is 0 Å². The molecule has 9 heteroatoms. The van der Waals surface area contributed by atoms with Crippen molar-refractivity contribution in [2.45, 2.75) is 32.2 Å². The number of hydrogen-bond acceptors (Lipinski definition) is 5. The van der Waals surface area contributed by atoms with E-state index in [-0.39, 0.29) is 17.0 Å². The number of hydrogen-bond donors (Lipinski definition) is 3. The number of benzene rings is 2. The molecule has 0 saturated heterocycles. The lowest BCUT2D eigenvalue weighted by Gasteiger charge is -2.10. The second-order valence-electron chi connectivity index (χ2n) is 8.47. The van der Waals surface area contributed by atoms with Crippen LogP contribution in [0.2, 0.25) is 0 Å². The molecule has 0 saturated carbocycles. The number of aromatic nitrogens is 3. The number of methoxy groups -OCH3 is 1. The normalized spacial score (nSPS) is 12.5. The van der Waals surface area contributed by atoms with Crippen molar-refractivity contribution in [1.29, 1.82) is 0 Å². The van der Waals surface area contributed by atoms with Crippen molar-refractivity contribution >= 4 is 22.4 Å². The van der Waals surface area contributed by atoms with E-state index in [1.54, 1.807) is 7.11 Å². The van der Waals surface area contributed by atoms with Crippen molar-refractivity contribution in [3.05, 3.63) is 74.9 Å². The average molecular weight is 475 g/mol. The predicted octanol–water partition coefficient (Wildman–Crippen LogP) is 3.44. The maximum absolute atomic E-state index is 12.6. The average Bonchev–Trinajstić information content (AvgIpc) is 3.46. The molecule has 0 radical (unpaired) electrons. The third kappa shape index (κ3) is 4.44. The van der Waals surface area contributed by atoms with Crippen LogP contribution in [-0.4, -0.2) is 34.4 Å². The number of carbonyl (C=O) groups is 1. The Morgan fingerprint density at radius 1 is 1.03 bits per heavy atom. The monoisotopic (exact) mass is 474 g/mol. The number of fused-ring (bicyclic) bond motifs is 3. The van der Waals surface area contributed by atoms with Crippen molar-refractivity contribution < 1.29 is 14.3 Å². The van der Waals surface area contributed by atoms with Crippen molar-refractivity contribution in [2.75, 3.05) is 19.0 Å². The van der Waals surface area contributed by atoms with E-state index in [0.717, 1.165) is 42.1 Å². The molecule has 0 aliphatic carbocycles. The summed E-state index contributed by atoms with van der Waals surface area (Å²) in [5.74, 6) is 1.35. The van der Waals surface area contributed by atoms with E-state index in [0.29, 0.717) is 41.6 Å². The number of amides is 1. The zero-order chi connectivity index (χ0) is 24.4. The molecule has 3 N–H and O–H groups in total. The fraction of sp³-hybridized carbons (Fsp3) is 0.269. The summed E-state index contributed by atoms with van der Waals surface area (Å²) in [6.07, 6.45) is 2.53. The van der Waals surface area contributed by atoms with E-state index < -0.39 is 0 Å². The molecule has 0 bridgehead atoms. The lowest BCUT2D eigenvalue weighted by Crippen LogP contribution is -2.18. The lowest BCUT2D eigenvalue weighted by atomic mass is 10.1. The summed E-state index contributed by atoms with van der Waals surface area (Å²) in [6.45, 7) is 1.16. The van der Waals surface area contributed by atoms with Gasteiger partial charge in [-0.05, 0) is 55.7 Å². The number of rotatable bonds is 8. The Morgan fingerprint density at radius 2 is 1.77 bits per heavy atom. The first-order valence-electron chi connectivity index (χ1n) is 11.6. The Balaban J connectivity index is 1.28. The van der Waals surface area contributed by atoms with Crippen LogP contribution in [0.5, 0.6) is 11.5 Å². The lowest BCUT2D eigenvalue weighted by molar-refractivity contribution is -0.116. The van der Waals surface area contributed by atoms with E-state index in [9.17, 15) is 14.4 Å². The number of aryl methyl sites for hydroxylation is 1. The van der Waals surface area contributed by atoms with Gasteiger partial charge in [-0.25, -0.2) is 0 Å². The van der Waals surface area contributed by atoms with E-state index in [1.807, 2.05) is 53.1 Å². The Kier molecular flexibility index (Phi) is 6.13. The van der Waals surface area contributed by atoms with Crippen LogP contribution in [-0.2, 0) is 17.8 Å². The molecule has 1 aliphatic heterocycles. The predicted molar refractivity (Wildman–Crippen MR) is 133 cm³/mol. The van der Waals surface area contributed by atoms with Gasteiger partial charge in [0.2, 0.25) is 5.91 Å². The van der Waals surface area contributed by atoms with Crippen LogP contribution >= 0.6 is 0 Å². The zero-order valence-corrected chi connectivity index (χ0v) is 19.3. The van der Waals surface area contributed by atoms with E-state index in [4.69, 9.17) is 9.47 Å². The van der Waals surface area contributed by atoms with Crippen LogP contribution < -0.4 is 25.9 Å². The minimum Gasteiger partial charge on any atom is -0.497 e. The first-order valence-corrected chi connectivity index (χ1v) is 11.6. The second kappa shape index (κ2) is 9.54. The van der Waals surface area contributed by atoms with Gasteiger partial charge in [-0.15, -0.1) is 0 Å². The second-order valence-corrected chi connectivity index (χ2v) is 8.47. The minimum atomic E-state index is -0.331. The summed E-state index contributed by atoms with van der Waals surface area (Å²) in [6, 6.07) is 14.7. The number of anilines is 1. The summed E-state index contributed by atoms with van der Waals surface area (Å²) in [5.41, 5.74) is 2.38. The van der Waals surface area contributed by atoms with Gasteiger partial charge in [-0.1, -0.05) is 12.1 Å². The zero-order valence-electron chi connectivity index (χ0n) is 19.3. The van der Waals surface area contributed by atoms with Crippen LogP contribution in [0.4, 0.5) is 5.69 Å². The van der Waals surface area contributed by atoms with Crippen molar-refractivity contribution in [2.24, 2.45) is 0 Å². The highest BCUT2D eigenvalue weighted by atomic mass is 16.5.